The molecule has 0 aliphatic carbocycles. The monoisotopic (exact) mass is 201 g/mol. The molecule has 0 spiro atoms. The zero-order valence-electron chi connectivity index (χ0n) is 5.64. The average molecular weight is 202 g/mol. The Morgan fingerprint density at radius 2 is 1.90 bits per heavy atom. The molecule has 0 aromatic carbocycles. The number of hydrogen-bond donors (Lipinski definition) is 0. The van der Waals surface area contributed by atoms with E-state index in [1.165, 1.54) is 7.05 Å². The van der Waals surface area contributed by atoms with Gasteiger partial charge in [-0.15, -0.1) is 0 Å². The van der Waals surface area contributed by atoms with Crippen LogP contribution in [0.5, 0.6) is 0 Å². The minimum absolute atomic E-state index is 0.225. The number of amides is 2. The Morgan fingerprint density at radius 3 is 2.00 bits per heavy atom. The molecule has 0 aromatic heterocycles. The normalized spacial score (nSPS) is 19.2. The van der Waals surface area contributed by atoms with Crippen LogP contribution in [0.4, 0.5) is 0 Å². The Balaban J connectivity index is 3.11. The van der Waals surface area contributed by atoms with Crippen molar-refractivity contribution in [3.05, 3.63) is 9.95 Å². The van der Waals surface area contributed by atoms with Gasteiger partial charge in [0.15, 0.2) is 0 Å². The van der Waals surface area contributed by atoms with Crippen LogP contribution in [0, 0.1) is 0 Å². The summed E-state index contributed by atoms with van der Waals surface area (Å²) in [5.41, 5.74) is 0.479. The highest BCUT2D eigenvalue weighted by Crippen LogP contribution is 2.21. The maximum atomic E-state index is 10.9. The molecule has 0 unspecified atom stereocenters. The van der Waals surface area contributed by atoms with Gasteiger partial charge in [0, 0.05) is 7.05 Å². The van der Waals surface area contributed by atoms with Crippen LogP contribution in [0.3, 0.4) is 0 Å². The molecule has 10 heavy (non-hydrogen) atoms. The van der Waals surface area contributed by atoms with E-state index in [4.69, 9.17) is 0 Å². The number of nitrogens with zero attached hydrogens (tertiary/aromatic N) is 1. The molecule has 1 rings (SSSR count). The van der Waals surface area contributed by atoms with Gasteiger partial charge in [-0.1, -0.05) is 0 Å². The topological polar surface area (TPSA) is 37.4 Å². The molecule has 3 nitrogen and oxygen atoms in total. The molecule has 2 amide bonds. The Bertz CT molecular complexity index is 224. The third-order valence-electron chi connectivity index (χ3n) is 1.45. The molecule has 0 radical (unpaired) electrons. The summed E-state index contributed by atoms with van der Waals surface area (Å²) >= 11 is 3.02. The van der Waals surface area contributed by atoms with Crippen LogP contribution in [-0.2, 0) is 9.59 Å². The second-order valence-electron chi connectivity index (χ2n) is 2.11. The summed E-state index contributed by atoms with van der Waals surface area (Å²) in [6.07, 6.45) is 0. The van der Waals surface area contributed by atoms with Crippen molar-refractivity contribution < 1.29 is 9.59 Å². The second-order valence-corrected chi connectivity index (χ2v) is 2.90. The van der Waals surface area contributed by atoms with E-state index in [-0.39, 0.29) is 11.8 Å². The number of carbonyl (C=O) groups is 2. The molecule has 0 aromatic rings. The maximum absolute atomic E-state index is 10.9. The van der Waals surface area contributed by atoms with Crippen LogP contribution in [0.15, 0.2) is 9.95 Å². The summed E-state index contributed by atoms with van der Waals surface area (Å²) < 4.78 is 0.375. The van der Waals surface area contributed by atoms with Crippen molar-refractivity contribution in [2.24, 2.45) is 0 Å². The standard InChI is InChI=1S/C5H5BBrNO2/c1-8-4(9)2(6)3(7)5(8)10/h6H2,1H3. The van der Waals surface area contributed by atoms with Crippen LogP contribution < -0.4 is 0 Å². The molecule has 0 fully saturated rings. The van der Waals surface area contributed by atoms with Gasteiger partial charge >= 0.3 is 0 Å². The van der Waals surface area contributed by atoms with Crippen molar-refractivity contribution >= 4 is 35.6 Å². The molecule has 0 saturated heterocycles. The predicted molar refractivity (Wildman–Crippen MR) is 42.3 cm³/mol. The third-order valence-corrected chi connectivity index (χ3v) is 2.38. The summed E-state index contributed by atoms with van der Waals surface area (Å²) in [4.78, 5) is 23.0. The average Bonchev–Trinajstić information content (AvgIpc) is 2.07. The Kier molecular flexibility index (Phi) is 1.68. The summed E-state index contributed by atoms with van der Waals surface area (Å²) in [6, 6.07) is 0. The van der Waals surface area contributed by atoms with Crippen molar-refractivity contribution in [2.75, 3.05) is 7.05 Å². The molecule has 0 bridgehead atoms. The predicted octanol–water partition coefficient (Wildman–Crippen LogP) is -0.775. The highest BCUT2D eigenvalue weighted by molar-refractivity contribution is 9.12. The molecule has 0 atom stereocenters. The van der Waals surface area contributed by atoms with Gasteiger partial charge in [0.25, 0.3) is 5.91 Å². The highest BCUT2D eigenvalue weighted by Gasteiger charge is 2.30. The molecular weight excluding hydrogens is 197 g/mol. The molecule has 0 saturated carbocycles. The van der Waals surface area contributed by atoms with E-state index < -0.39 is 0 Å². The number of halogens is 1. The lowest BCUT2D eigenvalue weighted by atomic mass is 9.96. The van der Waals surface area contributed by atoms with Crippen LogP contribution in [0.1, 0.15) is 0 Å². The van der Waals surface area contributed by atoms with E-state index >= 15 is 0 Å². The van der Waals surface area contributed by atoms with Crippen molar-refractivity contribution in [3.8, 4) is 0 Å². The zero-order valence-corrected chi connectivity index (χ0v) is 7.23. The van der Waals surface area contributed by atoms with Gasteiger partial charge in [0.2, 0.25) is 5.91 Å². The lowest BCUT2D eigenvalue weighted by Gasteiger charge is -2.03. The lowest BCUT2D eigenvalue weighted by Crippen LogP contribution is -2.26. The number of hydrogen-bond acceptors (Lipinski definition) is 2. The lowest BCUT2D eigenvalue weighted by molar-refractivity contribution is -0.135. The van der Waals surface area contributed by atoms with Crippen molar-refractivity contribution in [3.63, 3.8) is 0 Å². The second kappa shape index (κ2) is 2.23. The van der Waals surface area contributed by atoms with Crippen LogP contribution >= 0.6 is 15.9 Å². The molecule has 1 heterocycles. The van der Waals surface area contributed by atoms with Gasteiger partial charge in [-0.2, -0.15) is 0 Å². The first-order chi connectivity index (χ1) is 4.55. The van der Waals surface area contributed by atoms with Crippen molar-refractivity contribution in [1.29, 1.82) is 0 Å². The fourth-order valence-electron chi connectivity index (χ4n) is 0.745. The van der Waals surface area contributed by atoms with E-state index in [2.05, 4.69) is 15.9 Å². The smallest absolute Gasteiger partial charge is 0.267 e. The summed E-state index contributed by atoms with van der Waals surface area (Å²) in [6.45, 7) is 0. The van der Waals surface area contributed by atoms with Gasteiger partial charge in [-0.3, -0.25) is 14.5 Å². The van der Waals surface area contributed by atoms with Crippen molar-refractivity contribution in [2.45, 2.75) is 0 Å². The van der Waals surface area contributed by atoms with Gasteiger partial charge in [-0.25, -0.2) is 0 Å². The van der Waals surface area contributed by atoms with Gasteiger partial charge in [0.05, 0.1) is 4.48 Å². The Hall–Kier alpha value is -0.575. The first kappa shape index (κ1) is 7.53. The fourth-order valence-corrected chi connectivity index (χ4v) is 1.18. The Morgan fingerprint density at radius 1 is 1.40 bits per heavy atom. The molecule has 0 N–H and O–H groups in total. The van der Waals surface area contributed by atoms with E-state index in [0.717, 1.165) is 4.90 Å². The summed E-state index contributed by atoms with van der Waals surface area (Å²) in [7, 11) is 3.08. The molecule has 52 valence electrons. The van der Waals surface area contributed by atoms with Gasteiger partial charge < -0.3 is 0 Å². The SMILES string of the molecule is BC1=C(Br)C(=O)N(C)C1=O. The quantitative estimate of drug-likeness (QED) is 0.381. The molecule has 1 aliphatic rings. The van der Waals surface area contributed by atoms with Crippen molar-refractivity contribution in [1.82, 2.24) is 4.90 Å². The molecule has 1 aliphatic heterocycles. The third kappa shape index (κ3) is 0.812. The van der Waals surface area contributed by atoms with E-state index in [0.29, 0.717) is 9.95 Å². The van der Waals surface area contributed by atoms with E-state index in [9.17, 15) is 9.59 Å². The largest absolute Gasteiger partial charge is 0.278 e. The Labute approximate surface area is 67.6 Å². The zero-order chi connectivity index (χ0) is 7.89. The fraction of sp³-hybridized carbons (Fsp3) is 0.200. The van der Waals surface area contributed by atoms with Crippen LogP contribution in [-0.4, -0.2) is 31.6 Å². The molecular formula is C5H5BBrNO2. The minimum Gasteiger partial charge on any atom is -0.278 e. The van der Waals surface area contributed by atoms with Gasteiger partial charge in [-0.05, 0) is 21.4 Å². The van der Waals surface area contributed by atoms with E-state index in [1.54, 1.807) is 7.85 Å². The number of carbonyl (C=O) groups excluding carboxylic acids is 2. The summed E-state index contributed by atoms with van der Waals surface area (Å²) in [5, 5.41) is 0. The number of rotatable bonds is 0. The minimum atomic E-state index is -0.262. The van der Waals surface area contributed by atoms with E-state index in [1.807, 2.05) is 0 Å². The number of imide groups is 1. The van der Waals surface area contributed by atoms with Crippen LogP contribution in [0.25, 0.3) is 0 Å². The van der Waals surface area contributed by atoms with Gasteiger partial charge in [0.1, 0.15) is 7.85 Å². The maximum Gasteiger partial charge on any atom is 0.267 e. The highest BCUT2D eigenvalue weighted by atomic mass is 79.9. The first-order valence-electron chi connectivity index (χ1n) is 2.74. The van der Waals surface area contributed by atoms with Crippen LogP contribution in [0.2, 0.25) is 0 Å². The summed E-state index contributed by atoms with van der Waals surface area (Å²) in [5.74, 6) is -0.487. The molecule has 5 heteroatoms. The number of likely N-dealkylation sites (N-methyl/N-ethyl adjacent to an activating group) is 1. The first-order valence-corrected chi connectivity index (χ1v) is 3.53.